The topological polar surface area (TPSA) is 92.7 Å². The Labute approximate surface area is 93.6 Å². The predicted molar refractivity (Wildman–Crippen MR) is 57.4 cm³/mol. The number of esters is 1. The van der Waals surface area contributed by atoms with Gasteiger partial charge in [0.15, 0.2) is 0 Å². The van der Waals surface area contributed by atoms with Crippen LogP contribution < -0.4 is 5.32 Å². The van der Waals surface area contributed by atoms with Crippen LogP contribution in [0.25, 0.3) is 0 Å². The summed E-state index contributed by atoms with van der Waals surface area (Å²) in [5, 5.41) is 10.4. The van der Waals surface area contributed by atoms with E-state index >= 15 is 0 Å². The van der Waals surface area contributed by atoms with Crippen LogP contribution in [0.1, 0.15) is 13.3 Å². The fourth-order valence-corrected chi connectivity index (χ4v) is 0.442. The summed E-state index contributed by atoms with van der Waals surface area (Å²) < 4.78 is 4.36. The molecule has 90 valence electrons. The monoisotopic (exact) mass is 229 g/mol. The first kappa shape index (κ1) is 16.3. The number of rotatable bonds is 5. The minimum Gasteiger partial charge on any atom is -0.481 e. The van der Waals surface area contributed by atoms with Gasteiger partial charge in [0.05, 0.1) is 6.42 Å². The Kier molecular flexibility index (Phi) is 11.2. The quantitative estimate of drug-likeness (QED) is 0.527. The lowest BCUT2D eigenvalue weighted by Crippen LogP contribution is -2.10. The fourth-order valence-electron chi connectivity index (χ4n) is 0.442. The van der Waals surface area contributed by atoms with Gasteiger partial charge < -0.3 is 15.2 Å². The lowest BCUT2D eigenvalue weighted by atomic mass is 10.5. The molecule has 0 aliphatic rings. The van der Waals surface area contributed by atoms with Gasteiger partial charge in [0.2, 0.25) is 5.91 Å². The Balaban J connectivity index is 0. The van der Waals surface area contributed by atoms with E-state index in [1.165, 1.54) is 13.1 Å². The van der Waals surface area contributed by atoms with Crippen molar-refractivity contribution < 1.29 is 24.2 Å². The summed E-state index contributed by atoms with van der Waals surface area (Å²) in [6.45, 7) is 7.74. The van der Waals surface area contributed by atoms with E-state index in [-0.39, 0.29) is 18.9 Å². The zero-order chi connectivity index (χ0) is 13.0. The molecule has 0 unspecified atom stereocenters. The number of aliphatic carboxylic acids is 1. The van der Waals surface area contributed by atoms with Gasteiger partial charge in [-0.15, -0.1) is 0 Å². The van der Waals surface area contributed by atoms with Crippen LogP contribution >= 0.6 is 0 Å². The van der Waals surface area contributed by atoms with Crippen molar-refractivity contribution in [1.82, 2.24) is 5.32 Å². The second kappa shape index (κ2) is 11.0. The summed E-state index contributed by atoms with van der Waals surface area (Å²) in [6.07, 6.45) is 2.17. The largest absolute Gasteiger partial charge is 0.481 e. The SMILES string of the molecule is C=CC(=O)OCCC(=O)O.C=CNC(C)=O. The van der Waals surface area contributed by atoms with Crippen molar-refractivity contribution in [2.75, 3.05) is 6.61 Å². The van der Waals surface area contributed by atoms with Crippen LogP contribution in [0.15, 0.2) is 25.4 Å². The minimum absolute atomic E-state index is 0.0787. The molecule has 0 saturated heterocycles. The van der Waals surface area contributed by atoms with E-state index in [2.05, 4.69) is 23.2 Å². The highest BCUT2D eigenvalue weighted by molar-refractivity contribution is 5.81. The first-order chi connectivity index (χ1) is 7.43. The Morgan fingerprint density at radius 2 is 1.94 bits per heavy atom. The van der Waals surface area contributed by atoms with Gasteiger partial charge in [-0.3, -0.25) is 9.59 Å². The smallest absolute Gasteiger partial charge is 0.330 e. The van der Waals surface area contributed by atoms with E-state index in [4.69, 9.17) is 5.11 Å². The summed E-state index contributed by atoms with van der Waals surface area (Å²) >= 11 is 0. The van der Waals surface area contributed by atoms with E-state index in [1.54, 1.807) is 0 Å². The van der Waals surface area contributed by atoms with Gasteiger partial charge in [-0.2, -0.15) is 0 Å². The lowest BCUT2D eigenvalue weighted by Gasteiger charge is -1.96. The number of carbonyl (C=O) groups excluding carboxylic acids is 2. The van der Waals surface area contributed by atoms with Crippen molar-refractivity contribution in [2.45, 2.75) is 13.3 Å². The average molecular weight is 229 g/mol. The number of carboxylic acids is 1. The molecule has 0 aromatic heterocycles. The molecule has 0 radical (unpaired) electrons. The van der Waals surface area contributed by atoms with Gasteiger partial charge in [0, 0.05) is 13.0 Å². The maximum Gasteiger partial charge on any atom is 0.330 e. The second-order valence-electron chi connectivity index (χ2n) is 2.42. The Morgan fingerprint density at radius 3 is 2.19 bits per heavy atom. The molecule has 0 aromatic carbocycles. The highest BCUT2D eigenvalue weighted by Crippen LogP contribution is 1.83. The molecule has 0 heterocycles. The minimum atomic E-state index is -0.989. The zero-order valence-corrected chi connectivity index (χ0v) is 9.06. The second-order valence-corrected chi connectivity index (χ2v) is 2.42. The molecule has 6 heteroatoms. The van der Waals surface area contributed by atoms with Gasteiger partial charge in [-0.05, 0) is 6.20 Å². The number of ether oxygens (including phenoxy) is 1. The molecule has 0 aliphatic carbocycles. The van der Waals surface area contributed by atoms with Crippen molar-refractivity contribution in [1.29, 1.82) is 0 Å². The molecule has 0 saturated carbocycles. The molecule has 0 rings (SSSR count). The summed E-state index contributed by atoms with van der Waals surface area (Å²) in [6, 6.07) is 0. The molecule has 0 aromatic rings. The molecule has 16 heavy (non-hydrogen) atoms. The molecule has 0 atom stereocenters. The highest BCUT2D eigenvalue weighted by atomic mass is 16.5. The van der Waals surface area contributed by atoms with E-state index in [0.717, 1.165) is 6.08 Å². The summed E-state index contributed by atoms with van der Waals surface area (Å²) in [5.74, 6) is -1.66. The number of hydrogen-bond donors (Lipinski definition) is 2. The first-order valence-corrected chi connectivity index (χ1v) is 4.33. The fraction of sp³-hybridized carbons (Fsp3) is 0.300. The molecule has 1 amide bonds. The van der Waals surface area contributed by atoms with Crippen LogP contribution in [-0.2, 0) is 19.1 Å². The Morgan fingerprint density at radius 1 is 1.38 bits per heavy atom. The normalized spacial score (nSPS) is 7.81. The van der Waals surface area contributed by atoms with Crippen LogP contribution in [0, 0.1) is 0 Å². The third kappa shape index (κ3) is 17.8. The van der Waals surface area contributed by atoms with E-state index in [0.29, 0.717) is 0 Å². The van der Waals surface area contributed by atoms with Gasteiger partial charge in [-0.1, -0.05) is 13.2 Å². The molecule has 0 aliphatic heterocycles. The van der Waals surface area contributed by atoms with E-state index in [1.807, 2.05) is 0 Å². The highest BCUT2D eigenvalue weighted by Gasteiger charge is 1.98. The summed E-state index contributed by atoms with van der Waals surface area (Å²) in [4.78, 5) is 30.0. The third-order valence-corrected chi connectivity index (χ3v) is 1.03. The van der Waals surface area contributed by atoms with Crippen molar-refractivity contribution in [3.63, 3.8) is 0 Å². The number of nitrogens with one attached hydrogen (secondary N) is 1. The molecule has 2 N–H and O–H groups in total. The van der Waals surface area contributed by atoms with Crippen LogP contribution in [0.2, 0.25) is 0 Å². The summed E-state index contributed by atoms with van der Waals surface area (Å²) in [5.41, 5.74) is 0. The van der Waals surface area contributed by atoms with Crippen molar-refractivity contribution in [2.24, 2.45) is 0 Å². The Bertz CT molecular complexity index is 272. The molecule has 6 nitrogen and oxygen atoms in total. The van der Waals surface area contributed by atoms with Crippen LogP contribution in [0.5, 0.6) is 0 Å². The number of amides is 1. The first-order valence-electron chi connectivity index (χ1n) is 4.33. The van der Waals surface area contributed by atoms with Crippen molar-refractivity contribution in [3.8, 4) is 0 Å². The van der Waals surface area contributed by atoms with Crippen LogP contribution in [0.3, 0.4) is 0 Å². The van der Waals surface area contributed by atoms with Crippen molar-refractivity contribution in [3.05, 3.63) is 25.4 Å². The number of hydrogen-bond acceptors (Lipinski definition) is 4. The molecular weight excluding hydrogens is 214 g/mol. The zero-order valence-electron chi connectivity index (χ0n) is 9.06. The van der Waals surface area contributed by atoms with Gasteiger partial charge in [0.25, 0.3) is 0 Å². The Hall–Kier alpha value is -2.11. The van der Waals surface area contributed by atoms with Crippen LogP contribution in [0.4, 0.5) is 0 Å². The number of carboxylic acid groups (broad SMARTS) is 1. The lowest BCUT2D eigenvalue weighted by molar-refractivity contribution is -0.142. The van der Waals surface area contributed by atoms with Gasteiger partial charge >= 0.3 is 11.9 Å². The van der Waals surface area contributed by atoms with Crippen LogP contribution in [-0.4, -0.2) is 29.6 Å². The van der Waals surface area contributed by atoms with Crippen molar-refractivity contribution >= 4 is 17.8 Å². The maximum atomic E-state index is 10.3. The third-order valence-electron chi connectivity index (χ3n) is 1.03. The molecule has 0 bridgehead atoms. The van der Waals surface area contributed by atoms with E-state index in [9.17, 15) is 14.4 Å². The molecule has 0 fully saturated rings. The van der Waals surface area contributed by atoms with Gasteiger partial charge in [0.1, 0.15) is 6.61 Å². The average Bonchev–Trinajstić information content (AvgIpc) is 2.17. The predicted octanol–water partition coefficient (Wildman–Crippen LogP) is 0.456. The summed E-state index contributed by atoms with van der Waals surface area (Å²) in [7, 11) is 0. The molecule has 0 spiro atoms. The van der Waals surface area contributed by atoms with E-state index < -0.39 is 11.9 Å². The standard InChI is InChI=1S/C6H8O4.C4H7NO/c1-2-6(9)10-4-3-5(7)8;1-3-5-4(2)6/h2H,1,3-4H2,(H,7,8);3H,1H2,2H3,(H,5,6). The van der Waals surface area contributed by atoms with Gasteiger partial charge in [-0.25, -0.2) is 4.79 Å². The molecular formula is C10H15NO5. The maximum absolute atomic E-state index is 10.3. The number of carbonyl (C=O) groups is 3.